The summed E-state index contributed by atoms with van der Waals surface area (Å²) in [6.07, 6.45) is -0.568. The van der Waals surface area contributed by atoms with Crippen molar-refractivity contribution in [1.82, 2.24) is 10.5 Å². The highest BCUT2D eigenvalue weighted by Crippen LogP contribution is 2.10. The Bertz CT molecular complexity index is 542. The molecule has 0 aliphatic heterocycles. The predicted molar refractivity (Wildman–Crippen MR) is 80.1 cm³/mol. The van der Waals surface area contributed by atoms with Gasteiger partial charge in [-0.3, -0.25) is 0 Å². The summed E-state index contributed by atoms with van der Waals surface area (Å²) < 4.78 is 10.5. The van der Waals surface area contributed by atoms with Gasteiger partial charge >= 0.3 is 0 Å². The summed E-state index contributed by atoms with van der Waals surface area (Å²) in [6, 6.07) is 9.30. The molecule has 0 saturated heterocycles. The Kier molecular flexibility index (Phi) is 6.20. The van der Waals surface area contributed by atoms with Crippen molar-refractivity contribution in [2.24, 2.45) is 0 Å². The molecular weight excluding hydrogens is 292 g/mol. The molecule has 0 amide bonds. The number of halogens is 1. The van der Waals surface area contributed by atoms with Crippen LogP contribution in [0.5, 0.6) is 0 Å². The van der Waals surface area contributed by atoms with E-state index in [4.69, 9.17) is 20.9 Å². The number of rotatable bonds is 8. The minimum atomic E-state index is -0.568. The third-order valence-corrected chi connectivity index (χ3v) is 3.10. The van der Waals surface area contributed by atoms with Crippen LogP contribution < -0.4 is 5.32 Å². The van der Waals surface area contributed by atoms with Gasteiger partial charge in [0.2, 0.25) is 0 Å². The number of aromatic nitrogens is 1. The van der Waals surface area contributed by atoms with Crippen LogP contribution in [0.25, 0.3) is 0 Å². The van der Waals surface area contributed by atoms with Crippen LogP contribution >= 0.6 is 11.6 Å². The molecule has 6 heteroatoms. The van der Waals surface area contributed by atoms with E-state index in [9.17, 15) is 5.11 Å². The van der Waals surface area contributed by atoms with Crippen LogP contribution in [-0.2, 0) is 17.9 Å². The SMILES string of the molecule is Cc1cc(CNCC(O)COCc2ccc(Cl)cc2)on1. The van der Waals surface area contributed by atoms with Gasteiger partial charge in [0.1, 0.15) is 0 Å². The van der Waals surface area contributed by atoms with E-state index in [2.05, 4.69) is 10.5 Å². The third kappa shape index (κ3) is 5.85. The monoisotopic (exact) mass is 310 g/mol. The fraction of sp³-hybridized carbons (Fsp3) is 0.400. The van der Waals surface area contributed by atoms with Crippen LogP contribution in [0, 0.1) is 6.92 Å². The summed E-state index contributed by atoms with van der Waals surface area (Å²) in [5, 5.41) is 17.4. The zero-order valence-electron chi connectivity index (χ0n) is 11.9. The first kappa shape index (κ1) is 16.0. The molecule has 2 aromatic rings. The summed E-state index contributed by atoms with van der Waals surface area (Å²) in [4.78, 5) is 0. The molecule has 0 radical (unpaired) electrons. The average molecular weight is 311 g/mol. The van der Waals surface area contributed by atoms with Crippen molar-refractivity contribution in [2.45, 2.75) is 26.2 Å². The lowest BCUT2D eigenvalue weighted by atomic mass is 10.2. The maximum atomic E-state index is 9.80. The lowest BCUT2D eigenvalue weighted by Gasteiger charge is -2.11. The summed E-state index contributed by atoms with van der Waals surface area (Å²) in [5.41, 5.74) is 1.87. The van der Waals surface area contributed by atoms with Gasteiger partial charge < -0.3 is 19.7 Å². The Morgan fingerprint density at radius 3 is 2.81 bits per heavy atom. The van der Waals surface area contributed by atoms with Crippen LogP contribution in [0.3, 0.4) is 0 Å². The molecule has 0 bridgehead atoms. The molecule has 114 valence electrons. The first-order valence-corrected chi connectivity index (χ1v) is 7.14. The third-order valence-electron chi connectivity index (χ3n) is 2.85. The molecule has 1 unspecified atom stereocenters. The van der Waals surface area contributed by atoms with E-state index >= 15 is 0 Å². The Labute approximate surface area is 128 Å². The number of aryl methyl sites for hydroxylation is 1. The van der Waals surface area contributed by atoms with Crippen LogP contribution in [0.15, 0.2) is 34.9 Å². The number of aliphatic hydroxyl groups is 1. The number of nitrogens with zero attached hydrogens (tertiary/aromatic N) is 1. The van der Waals surface area contributed by atoms with Crippen molar-refractivity contribution in [3.63, 3.8) is 0 Å². The van der Waals surface area contributed by atoms with Gasteiger partial charge in [0.05, 0.1) is 31.6 Å². The Morgan fingerprint density at radius 1 is 1.38 bits per heavy atom. The lowest BCUT2D eigenvalue weighted by molar-refractivity contribution is 0.0285. The van der Waals surface area contributed by atoms with Gasteiger partial charge in [-0.25, -0.2) is 0 Å². The second-order valence-electron chi connectivity index (χ2n) is 4.86. The highest BCUT2D eigenvalue weighted by molar-refractivity contribution is 6.30. The smallest absolute Gasteiger partial charge is 0.150 e. The maximum Gasteiger partial charge on any atom is 0.150 e. The fourth-order valence-corrected chi connectivity index (χ4v) is 1.94. The van der Waals surface area contributed by atoms with Crippen molar-refractivity contribution in [3.8, 4) is 0 Å². The van der Waals surface area contributed by atoms with Gasteiger partial charge in [0, 0.05) is 17.6 Å². The summed E-state index contributed by atoms with van der Waals surface area (Å²) >= 11 is 5.80. The number of hydrogen-bond acceptors (Lipinski definition) is 5. The van der Waals surface area contributed by atoms with Crippen LogP contribution in [0.2, 0.25) is 5.02 Å². The Balaban J connectivity index is 1.59. The van der Waals surface area contributed by atoms with Gasteiger partial charge in [0.25, 0.3) is 0 Å². The molecule has 21 heavy (non-hydrogen) atoms. The fourth-order valence-electron chi connectivity index (χ4n) is 1.81. The van der Waals surface area contributed by atoms with E-state index in [0.29, 0.717) is 24.7 Å². The number of hydrogen-bond donors (Lipinski definition) is 2. The number of benzene rings is 1. The topological polar surface area (TPSA) is 67.5 Å². The highest BCUT2D eigenvalue weighted by atomic mass is 35.5. The second-order valence-corrected chi connectivity index (χ2v) is 5.30. The van der Waals surface area contributed by atoms with E-state index in [-0.39, 0.29) is 6.61 Å². The van der Waals surface area contributed by atoms with E-state index in [0.717, 1.165) is 17.0 Å². The van der Waals surface area contributed by atoms with Crippen LogP contribution in [0.4, 0.5) is 0 Å². The highest BCUT2D eigenvalue weighted by Gasteiger charge is 2.06. The standard InChI is InChI=1S/C15H19ClN2O3/c1-11-6-15(21-18-11)8-17-7-14(19)10-20-9-12-2-4-13(16)5-3-12/h2-6,14,17,19H,7-10H2,1H3. The van der Waals surface area contributed by atoms with E-state index in [1.165, 1.54) is 0 Å². The van der Waals surface area contributed by atoms with Crippen molar-refractivity contribution in [3.05, 3.63) is 52.4 Å². The van der Waals surface area contributed by atoms with Crippen molar-refractivity contribution in [1.29, 1.82) is 0 Å². The molecule has 0 spiro atoms. The quantitative estimate of drug-likeness (QED) is 0.783. The molecule has 1 heterocycles. The lowest BCUT2D eigenvalue weighted by Crippen LogP contribution is -2.29. The van der Waals surface area contributed by atoms with Crippen molar-refractivity contribution >= 4 is 11.6 Å². The van der Waals surface area contributed by atoms with Gasteiger partial charge in [-0.2, -0.15) is 0 Å². The molecule has 1 aromatic carbocycles. The van der Waals surface area contributed by atoms with Gasteiger partial charge in [-0.05, 0) is 24.6 Å². The van der Waals surface area contributed by atoms with Crippen molar-refractivity contribution in [2.75, 3.05) is 13.2 Å². The van der Waals surface area contributed by atoms with Gasteiger partial charge in [-0.1, -0.05) is 28.9 Å². The first-order valence-electron chi connectivity index (χ1n) is 6.76. The largest absolute Gasteiger partial charge is 0.389 e. The molecule has 1 aromatic heterocycles. The summed E-state index contributed by atoms with van der Waals surface area (Å²) in [5.74, 6) is 0.752. The zero-order chi connectivity index (χ0) is 15.1. The molecule has 2 rings (SSSR count). The molecule has 0 aliphatic rings. The predicted octanol–water partition coefficient (Wildman–Crippen LogP) is 2.30. The molecular formula is C15H19ClN2O3. The van der Waals surface area contributed by atoms with E-state index in [1.807, 2.05) is 37.3 Å². The molecule has 0 fully saturated rings. The number of nitrogens with one attached hydrogen (secondary N) is 1. The molecule has 2 N–H and O–H groups in total. The zero-order valence-corrected chi connectivity index (χ0v) is 12.6. The Morgan fingerprint density at radius 2 is 2.14 bits per heavy atom. The van der Waals surface area contributed by atoms with E-state index < -0.39 is 6.10 Å². The maximum absolute atomic E-state index is 9.80. The first-order chi connectivity index (χ1) is 10.1. The summed E-state index contributed by atoms with van der Waals surface area (Å²) in [6.45, 7) is 3.56. The molecule has 5 nitrogen and oxygen atoms in total. The average Bonchev–Trinajstić information content (AvgIpc) is 2.87. The number of aliphatic hydroxyl groups excluding tert-OH is 1. The van der Waals surface area contributed by atoms with E-state index in [1.54, 1.807) is 0 Å². The minimum Gasteiger partial charge on any atom is -0.389 e. The van der Waals surface area contributed by atoms with Crippen LogP contribution in [0.1, 0.15) is 17.0 Å². The minimum absolute atomic E-state index is 0.269. The second kappa shape index (κ2) is 8.14. The Hall–Kier alpha value is -1.40. The van der Waals surface area contributed by atoms with Crippen molar-refractivity contribution < 1.29 is 14.4 Å². The number of ether oxygens (including phenoxy) is 1. The normalized spacial score (nSPS) is 12.5. The molecule has 0 saturated carbocycles. The van der Waals surface area contributed by atoms with Gasteiger partial charge in [0.15, 0.2) is 5.76 Å². The van der Waals surface area contributed by atoms with Gasteiger partial charge in [-0.15, -0.1) is 0 Å². The molecule has 0 aliphatic carbocycles. The molecule has 1 atom stereocenters. The summed E-state index contributed by atoms with van der Waals surface area (Å²) in [7, 11) is 0. The van der Waals surface area contributed by atoms with Crippen LogP contribution in [-0.4, -0.2) is 29.5 Å².